The fourth-order valence-electron chi connectivity index (χ4n) is 4.69. The summed E-state index contributed by atoms with van der Waals surface area (Å²) < 4.78 is 0. The Morgan fingerprint density at radius 3 is 2.81 bits per heavy atom. The maximum absolute atomic E-state index is 12.9. The van der Waals surface area contributed by atoms with Crippen molar-refractivity contribution in [2.75, 3.05) is 6.54 Å². The highest BCUT2D eigenvalue weighted by molar-refractivity contribution is 7.10. The summed E-state index contributed by atoms with van der Waals surface area (Å²) in [5, 5.41) is 2.16. The van der Waals surface area contributed by atoms with Gasteiger partial charge in [0.15, 0.2) is 0 Å². The molecular formula is C17H24N2OS. The molecule has 4 heteroatoms. The molecule has 3 nitrogen and oxygen atoms in total. The monoisotopic (exact) mass is 304 g/mol. The van der Waals surface area contributed by atoms with Crippen LogP contribution in [0.2, 0.25) is 0 Å². The predicted molar refractivity (Wildman–Crippen MR) is 85.0 cm³/mol. The third-order valence-corrected chi connectivity index (χ3v) is 6.90. The van der Waals surface area contributed by atoms with Crippen LogP contribution in [-0.4, -0.2) is 23.4 Å². The standard InChI is InChI=1S/C17H24N2OS/c18-16-11-2-1-3-12(16)9-14(8-11)17(20)19-6-4-15-13(10-19)5-7-21-15/h5,7,11-12,14,16H,1-4,6,8-10,18H2. The number of thiophene rings is 1. The zero-order chi connectivity index (χ0) is 14.4. The first-order chi connectivity index (χ1) is 10.2. The van der Waals surface area contributed by atoms with Crippen molar-refractivity contribution in [1.82, 2.24) is 4.90 Å². The number of amides is 1. The molecule has 2 saturated carbocycles. The Hall–Kier alpha value is -0.870. The van der Waals surface area contributed by atoms with E-state index in [9.17, 15) is 4.79 Å². The van der Waals surface area contributed by atoms with Gasteiger partial charge in [-0.05, 0) is 60.9 Å². The van der Waals surface area contributed by atoms with E-state index in [-0.39, 0.29) is 5.92 Å². The van der Waals surface area contributed by atoms with Crippen LogP contribution in [0.1, 0.15) is 42.5 Å². The topological polar surface area (TPSA) is 46.3 Å². The molecule has 114 valence electrons. The molecule has 0 radical (unpaired) electrons. The summed E-state index contributed by atoms with van der Waals surface area (Å²) in [6.07, 6.45) is 6.88. The molecule has 2 aliphatic carbocycles. The van der Waals surface area contributed by atoms with Crippen molar-refractivity contribution in [3.8, 4) is 0 Å². The van der Waals surface area contributed by atoms with E-state index in [2.05, 4.69) is 16.3 Å². The van der Waals surface area contributed by atoms with E-state index >= 15 is 0 Å². The quantitative estimate of drug-likeness (QED) is 0.867. The van der Waals surface area contributed by atoms with Crippen molar-refractivity contribution in [3.63, 3.8) is 0 Å². The lowest BCUT2D eigenvalue weighted by Gasteiger charge is -2.44. The van der Waals surface area contributed by atoms with E-state index in [4.69, 9.17) is 5.73 Å². The highest BCUT2D eigenvalue weighted by Gasteiger charge is 2.41. The van der Waals surface area contributed by atoms with E-state index in [1.54, 1.807) is 0 Å². The molecule has 0 saturated heterocycles. The number of carbonyl (C=O) groups excluding carboxylic acids is 1. The molecule has 1 aliphatic heterocycles. The Balaban J connectivity index is 1.46. The van der Waals surface area contributed by atoms with Gasteiger partial charge in [-0.15, -0.1) is 11.3 Å². The molecule has 1 aromatic heterocycles. The summed E-state index contributed by atoms with van der Waals surface area (Å²) >= 11 is 1.83. The lowest BCUT2D eigenvalue weighted by Crippen LogP contribution is -2.50. The Kier molecular flexibility index (Phi) is 3.54. The van der Waals surface area contributed by atoms with Gasteiger partial charge < -0.3 is 10.6 Å². The summed E-state index contributed by atoms with van der Waals surface area (Å²) in [5.74, 6) is 1.82. The molecule has 21 heavy (non-hydrogen) atoms. The Morgan fingerprint density at radius 1 is 1.29 bits per heavy atom. The van der Waals surface area contributed by atoms with Gasteiger partial charge in [-0.25, -0.2) is 0 Å². The first kappa shape index (κ1) is 13.8. The first-order valence-electron chi connectivity index (χ1n) is 8.32. The summed E-state index contributed by atoms with van der Waals surface area (Å²) in [4.78, 5) is 16.5. The van der Waals surface area contributed by atoms with Gasteiger partial charge >= 0.3 is 0 Å². The van der Waals surface area contributed by atoms with Gasteiger partial charge in [-0.3, -0.25) is 4.79 Å². The molecule has 2 unspecified atom stereocenters. The maximum atomic E-state index is 12.9. The van der Waals surface area contributed by atoms with Crippen LogP contribution in [0.15, 0.2) is 11.4 Å². The van der Waals surface area contributed by atoms with Crippen LogP contribution < -0.4 is 5.73 Å². The van der Waals surface area contributed by atoms with Gasteiger partial charge in [0.2, 0.25) is 5.91 Å². The molecule has 1 amide bonds. The molecular weight excluding hydrogens is 280 g/mol. The molecule has 1 aromatic rings. The smallest absolute Gasteiger partial charge is 0.226 e. The number of hydrogen-bond acceptors (Lipinski definition) is 3. The normalized spacial score (nSPS) is 35.4. The molecule has 0 spiro atoms. The zero-order valence-electron chi connectivity index (χ0n) is 12.5. The van der Waals surface area contributed by atoms with Crippen molar-refractivity contribution < 1.29 is 4.79 Å². The fraction of sp³-hybridized carbons (Fsp3) is 0.706. The van der Waals surface area contributed by atoms with E-state index in [1.807, 2.05) is 11.3 Å². The van der Waals surface area contributed by atoms with Gasteiger partial charge in [-0.2, -0.15) is 0 Å². The van der Waals surface area contributed by atoms with Gasteiger partial charge in [0.05, 0.1) is 0 Å². The number of carbonyl (C=O) groups is 1. The number of nitrogens with zero attached hydrogens (tertiary/aromatic N) is 1. The third kappa shape index (κ3) is 2.42. The number of fused-ring (bicyclic) bond motifs is 3. The molecule has 3 aliphatic rings. The molecule has 2 bridgehead atoms. The molecule has 4 rings (SSSR count). The van der Waals surface area contributed by atoms with Crippen LogP contribution in [-0.2, 0) is 17.8 Å². The van der Waals surface area contributed by atoms with E-state index < -0.39 is 0 Å². The zero-order valence-corrected chi connectivity index (χ0v) is 13.3. The second-order valence-electron chi connectivity index (χ2n) is 7.08. The maximum Gasteiger partial charge on any atom is 0.226 e. The van der Waals surface area contributed by atoms with Crippen molar-refractivity contribution in [1.29, 1.82) is 0 Å². The van der Waals surface area contributed by atoms with Crippen molar-refractivity contribution in [2.45, 2.75) is 51.1 Å². The second-order valence-corrected chi connectivity index (χ2v) is 8.08. The van der Waals surface area contributed by atoms with Crippen LogP contribution >= 0.6 is 11.3 Å². The molecule has 2 N–H and O–H groups in total. The lowest BCUT2D eigenvalue weighted by atomic mass is 9.65. The van der Waals surface area contributed by atoms with Crippen LogP contribution in [0, 0.1) is 17.8 Å². The highest BCUT2D eigenvalue weighted by Crippen LogP contribution is 2.42. The number of rotatable bonds is 1. The molecule has 2 heterocycles. The average Bonchev–Trinajstić information content (AvgIpc) is 2.93. The van der Waals surface area contributed by atoms with E-state index in [1.165, 1.54) is 29.7 Å². The van der Waals surface area contributed by atoms with E-state index in [0.717, 1.165) is 32.4 Å². The summed E-state index contributed by atoms with van der Waals surface area (Å²) in [7, 11) is 0. The first-order valence-corrected chi connectivity index (χ1v) is 9.20. The summed E-state index contributed by atoms with van der Waals surface area (Å²) in [6.45, 7) is 1.74. The van der Waals surface area contributed by atoms with Crippen LogP contribution in [0.25, 0.3) is 0 Å². The van der Waals surface area contributed by atoms with Crippen molar-refractivity contribution in [2.24, 2.45) is 23.5 Å². The number of nitrogens with two attached hydrogens (primary N) is 1. The highest BCUT2D eigenvalue weighted by atomic mass is 32.1. The van der Waals surface area contributed by atoms with Gasteiger partial charge in [0.25, 0.3) is 0 Å². The molecule has 2 fully saturated rings. The molecule has 2 atom stereocenters. The van der Waals surface area contributed by atoms with Gasteiger partial charge in [0, 0.05) is 29.9 Å². The van der Waals surface area contributed by atoms with Gasteiger partial charge in [-0.1, -0.05) is 6.42 Å². The van der Waals surface area contributed by atoms with Crippen LogP contribution in [0.3, 0.4) is 0 Å². The summed E-state index contributed by atoms with van der Waals surface area (Å²) in [5.41, 5.74) is 7.72. The van der Waals surface area contributed by atoms with E-state index in [0.29, 0.717) is 23.8 Å². The Morgan fingerprint density at radius 2 is 2.05 bits per heavy atom. The van der Waals surface area contributed by atoms with Crippen LogP contribution in [0.4, 0.5) is 0 Å². The third-order valence-electron chi connectivity index (χ3n) is 5.88. The Bertz CT molecular complexity index is 527. The predicted octanol–water partition coefficient (Wildman–Crippen LogP) is 2.79. The minimum absolute atomic E-state index is 0.236. The van der Waals surface area contributed by atoms with Gasteiger partial charge in [0.1, 0.15) is 0 Å². The Labute approximate surface area is 130 Å². The lowest BCUT2D eigenvalue weighted by molar-refractivity contribution is -0.139. The van der Waals surface area contributed by atoms with Crippen LogP contribution in [0.5, 0.6) is 0 Å². The molecule has 0 aromatic carbocycles. The second kappa shape index (κ2) is 5.40. The minimum Gasteiger partial charge on any atom is -0.338 e. The number of hydrogen-bond donors (Lipinski definition) is 1. The summed E-state index contributed by atoms with van der Waals surface area (Å²) in [6, 6.07) is 2.54. The largest absolute Gasteiger partial charge is 0.338 e. The van der Waals surface area contributed by atoms with Crippen molar-refractivity contribution in [3.05, 3.63) is 21.9 Å². The fourth-order valence-corrected chi connectivity index (χ4v) is 5.58. The minimum atomic E-state index is 0.236. The SMILES string of the molecule is NC1C2CCCC1CC(C(=O)N1CCc3sccc3C1)C2. The van der Waals surface area contributed by atoms with Crippen molar-refractivity contribution >= 4 is 17.2 Å². The average molecular weight is 304 g/mol.